The number of aromatic amines is 1. The van der Waals surface area contributed by atoms with Crippen molar-refractivity contribution in [2.24, 2.45) is 17.2 Å². The first-order valence-corrected chi connectivity index (χ1v) is 9.85. The van der Waals surface area contributed by atoms with Crippen molar-refractivity contribution in [2.75, 3.05) is 13.1 Å². The maximum Gasteiger partial charge on any atom is 0.320 e. The monoisotopic (exact) mass is 651 g/mol. The molecule has 0 aliphatic carbocycles. The van der Waals surface area contributed by atoms with Gasteiger partial charge in [-0.3, -0.25) is 24.0 Å². The van der Waals surface area contributed by atoms with Crippen LogP contribution in [0.4, 0.5) is 0 Å². The molecule has 1 aromatic rings. The molecule has 19 heteroatoms. The summed E-state index contributed by atoms with van der Waals surface area (Å²) in [5.41, 5.74) is 15.6. The van der Waals surface area contributed by atoms with Crippen LogP contribution in [0.3, 0.4) is 0 Å². The number of aromatic nitrogens is 2. The van der Waals surface area contributed by atoms with Crippen LogP contribution in [0, 0.1) is 0 Å². The standard InChI is InChI=1S/C6H9N3O2.C5H9NO4.C5H9NO2.C2H5NO2.Ca.Mn.Zn/c7-5(6(10)11)1-4-2-8-3-9-4;6-3(5(9)10)1-2-4(7)8;7-5(8)4-2-1-3-6-4;3-1-2(4)5;;;/h2-3,5H,1,7H2,(H,8,9)(H,10,11);3H,1-2,6H2,(H,7,8)(H,9,10);4,6H,1-3H2,(H,7,8);1,3H2,(H,4,5);;;/t5-;3-;4-;;;;/m000..../s1. The zero-order valence-corrected chi connectivity index (χ0v) is 26.4. The van der Waals surface area contributed by atoms with Gasteiger partial charge in [-0.2, -0.15) is 0 Å². The Kier molecular flexibility index (Phi) is 34.4. The Morgan fingerprint density at radius 1 is 1.00 bits per heavy atom. The maximum absolute atomic E-state index is 10.3. The van der Waals surface area contributed by atoms with Crippen molar-refractivity contribution < 1.29 is 86.1 Å². The minimum Gasteiger partial charge on any atom is -0.481 e. The third kappa shape index (κ3) is 29.2. The van der Waals surface area contributed by atoms with Gasteiger partial charge >= 0.3 is 29.8 Å². The summed E-state index contributed by atoms with van der Waals surface area (Å²) < 4.78 is 0. The first kappa shape index (κ1) is 45.7. The Bertz CT molecular complexity index is 772. The summed E-state index contributed by atoms with van der Waals surface area (Å²) >= 11 is 0. The predicted octanol–water partition coefficient (Wildman–Crippen LogP) is -2.91. The van der Waals surface area contributed by atoms with Gasteiger partial charge in [0.25, 0.3) is 0 Å². The van der Waals surface area contributed by atoms with Crippen molar-refractivity contribution >= 4 is 67.6 Å². The number of nitrogens with zero attached hydrogens (tertiary/aromatic N) is 1. The van der Waals surface area contributed by atoms with Crippen molar-refractivity contribution in [3.05, 3.63) is 18.2 Å². The molecule has 3 atom stereocenters. The van der Waals surface area contributed by atoms with Crippen LogP contribution >= 0.6 is 0 Å². The summed E-state index contributed by atoms with van der Waals surface area (Å²) in [6.07, 6.45) is 4.90. The molecule has 0 saturated carbocycles. The molecule has 0 unspecified atom stereocenters. The molecule has 1 aromatic heterocycles. The summed E-state index contributed by atoms with van der Waals surface area (Å²) in [6, 6.07) is -2.18. The van der Waals surface area contributed by atoms with Crippen LogP contribution < -0.4 is 22.5 Å². The smallest absolute Gasteiger partial charge is 0.320 e. The molecule has 37 heavy (non-hydrogen) atoms. The third-order valence-corrected chi connectivity index (χ3v) is 3.83. The first-order valence-electron chi connectivity index (χ1n) is 9.85. The molecule has 0 spiro atoms. The molecule has 0 bridgehead atoms. The topological polar surface area (TPSA) is 305 Å². The largest absolute Gasteiger partial charge is 0.481 e. The van der Waals surface area contributed by atoms with Crippen LogP contribution in [0.5, 0.6) is 0 Å². The van der Waals surface area contributed by atoms with Crippen molar-refractivity contribution in [3.63, 3.8) is 0 Å². The van der Waals surface area contributed by atoms with E-state index in [4.69, 9.17) is 37.0 Å². The number of rotatable bonds is 9. The molecule has 2 heterocycles. The number of carboxylic acid groups (broad SMARTS) is 5. The number of hydrogen-bond donors (Lipinski definition) is 10. The van der Waals surface area contributed by atoms with Gasteiger partial charge in [0, 0.05) is 99.0 Å². The fraction of sp³-hybridized carbons (Fsp3) is 0.556. The van der Waals surface area contributed by atoms with Crippen molar-refractivity contribution in [2.45, 2.75) is 50.2 Å². The second kappa shape index (κ2) is 27.8. The molecular formula is C18H32CaMnN6O10Zn. The average molecular weight is 653 g/mol. The number of nitrogens with two attached hydrogens (primary N) is 3. The molecule has 1 fully saturated rings. The normalized spacial score (nSPS) is 14.3. The van der Waals surface area contributed by atoms with E-state index >= 15 is 0 Å². The number of imidazole rings is 1. The number of nitrogens with one attached hydrogen (secondary N) is 2. The second-order valence-electron chi connectivity index (χ2n) is 6.69. The van der Waals surface area contributed by atoms with E-state index in [9.17, 15) is 24.0 Å². The number of aliphatic carboxylic acids is 5. The van der Waals surface area contributed by atoms with Crippen molar-refractivity contribution in [1.82, 2.24) is 15.3 Å². The number of carboxylic acids is 5. The summed E-state index contributed by atoms with van der Waals surface area (Å²) in [5.74, 6) is -4.88. The van der Waals surface area contributed by atoms with Gasteiger partial charge in [-0.15, -0.1) is 0 Å². The number of carbonyl (C=O) groups is 5. The zero-order valence-electron chi connectivity index (χ0n) is 20.1. The summed E-state index contributed by atoms with van der Waals surface area (Å²) in [7, 11) is 0. The Morgan fingerprint density at radius 3 is 1.78 bits per heavy atom. The van der Waals surface area contributed by atoms with Gasteiger partial charge in [-0.25, -0.2) is 4.98 Å². The summed E-state index contributed by atoms with van der Waals surface area (Å²) in [6.45, 7) is 0.580. The van der Waals surface area contributed by atoms with Crippen molar-refractivity contribution in [3.8, 4) is 0 Å². The first-order chi connectivity index (χ1) is 15.8. The molecule has 16 nitrogen and oxygen atoms in total. The molecule has 0 aromatic carbocycles. The predicted molar refractivity (Wildman–Crippen MR) is 121 cm³/mol. The molecule has 0 amide bonds. The van der Waals surface area contributed by atoms with E-state index in [1.807, 2.05) is 0 Å². The van der Waals surface area contributed by atoms with E-state index < -0.39 is 41.9 Å². The van der Waals surface area contributed by atoms with Gasteiger partial charge in [-0.1, -0.05) is 0 Å². The van der Waals surface area contributed by atoms with Gasteiger partial charge in [-0.05, 0) is 25.8 Å². The van der Waals surface area contributed by atoms with E-state index in [2.05, 4.69) is 21.0 Å². The zero-order chi connectivity index (χ0) is 26.7. The van der Waals surface area contributed by atoms with Crippen LogP contribution in [-0.4, -0.2) is 134 Å². The number of H-pyrrole nitrogens is 1. The van der Waals surface area contributed by atoms with E-state index in [0.29, 0.717) is 0 Å². The van der Waals surface area contributed by atoms with Crippen LogP contribution in [0.15, 0.2) is 12.5 Å². The van der Waals surface area contributed by atoms with E-state index in [-0.39, 0.29) is 106 Å². The van der Waals surface area contributed by atoms with Gasteiger partial charge in [0.15, 0.2) is 0 Å². The Balaban J connectivity index is -0.000000123. The third-order valence-electron chi connectivity index (χ3n) is 3.83. The molecule has 205 valence electrons. The van der Waals surface area contributed by atoms with Gasteiger partial charge < -0.3 is 53.0 Å². The molecule has 1 saturated heterocycles. The van der Waals surface area contributed by atoms with E-state index in [1.165, 1.54) is 6.33 Å². The quantitative estimate of drug-likeness (QED) is 0.120. The Hall–Kier alpha value is -1.20. The molecule has 2 rings (SSSR count). The molecular weight excluding hydrogens is 621 g/mol. The van der Waals surface area contributed by atoms with E-state index in [0.717, 1.165) is 25.1 Å². The van der Waals surface area contributed by atoms with Crippen LogP contribution in [0.1, 0.15) is 31.4 Å². The minimum atomic E-state index is -1.17. The number of hydrogen-bond acceptors (Lipinski definition) is 10. The summed E-state index contributed by atoms with van der Waals surface area (Å²) in [4.78, 5) is 56.0. The molecule has 1 aliphatic rings. The maximum atomic E-state index is 10.3. The van der Waals surface area contributed by atoms with E-state index in [1.54, 1.807) is 6.20 Å². The fourth-order valence-corrected chi connectivity index (χ4v) is 2.02. The average Bonchev–Trinajstić information content (AvgIpc) is 3.47. The molecule has 13 N–H and O–H groups in total. The van der Waals surface area contributed by atoms with Crippen LogP contribution in [0.2, 0.25) is 0 Å². The molecule has 1 aliphatic heterocycles. The fourth-order valence-electron chi connectivity index (χ4n) is 2.02. The molecule has 3 radical (unpaired) electrons. The van der Waals surface area contributed by atoms with Crippen LogP contribution in [0.25, 0.3) is 0 Å². The van der Waals surface area contributed by atoms with Gasteiger partial charge in [0.05, 0.1) is 12.9 Å². The SMILES string of the molecule is NCC(=O)O.N[C@@H](CCC(=O)O)C(=O)O.N[C@@H](Cc1cnc[nH]1)C(=O)O.O=C(O)[C@@H]1CCCN1.[Ca].[Mn].[Zn]. The Morgan fingerprint density at radius 2 is 1.51 bits per heavy atom. The Labute approximate surface area is 265 Å². The van der Waals surface area contributed by atoms with Crippen molar-refractivity contribution in [1.29, 1.82) is 0 Å². The summed E-state index contributed by atoms with van der Waals surface area (Å²) in [5, 5.41) is 43.5. The minimum absolute atomic E-state index is 0. The van der Waals surface area contributed by atoms with Crippen LogP contribution in [-0.2, 0) is 66.9 Å². The van der Waals surface area contributed by atoms with Gasteiger partial charge in [0.1, 0.15) is 18.1 Å². The second-order valence-corrected chi connectivity index (χ2v) is 6.69. The van der Waals surface area contributed by atoms with Gasteiger partial charge in [0.2, 0.25) is 0 Å².